The first kappa shape index (κ1) is 16.6. The van der Waals surface area contributed by atoms with Crippen molar-refractivity contribution in [1.29, 1.82) is 0 Å². The molecule has 124 valence electrons. The second-order valence-electron chi connectivity index (χ2n) is 5.49. The van der Waals surface area contributed by atoms with E-state index in [-0.39, 0.29) is 17.8 Å². The topological polar surface area (TPSA) is 38.3 Å². The number of nitrogens with one attached hydrogen (secondary N) is 1. The first-order valence-corrected chi connectivity index (χ1v) is 8.69. The van der Waals surface area contributed by atoms with E-state index >= 15 is 0 Å². The van der Waals surface area contributed by atoms with Gasteiger partial charge in [-0.1, -0.05) is 12.1 Å². The van der Waals surface area contributed by atoms with E-state index in [0.29, 0.717) is 0 Å². The SMILES string of the molecule is COc1cccc(/C=C/C(=O)NC2CCSc3ccc(F)cc32)c1. The molecule has 1 N–H and O–H groups in total. The van der Waals surface area contributed by atoms with Crippen molar-refractivity contribution in [1.82, 2.24) is 5.32 Å². The summed E-state index contributed by atoms with van der Waals surface area (Å²) in [6, 6.07) is 12.1. The lowest BCUT2D eigenvalue weighted by Gasteiger charge is -2.25. The Morgan fingerprint density at radius 2 is 2.21 bits per heavy atom. The van der Waals surface area contributed by atoms with Gasteiger partial charge in [0.15, 0.2) is 0 Å². The summed E-state index contributed by atoms with van der Waals surface area (Å²) < 4.78 is 18.7. The van der Waals surface area contributed by atoms with Crippen LogP contribution in [0.4, 0.5) is 4.39 Å². The lowest BCUT2D eigenvalue weighted by atomic mass is 10.0. The van der Waals surface area contributed by atoms with Gasteiger partial charge in [0, 0.05) is 16.7 Å². The Kier molecular flexibility index (Phi) is 5.20. The number of benzene rings is 2. The third-order valence-electron chi connectivity index (χ3n) is 3.85. The van der Waals surface area contributed by atoms with E-state index in [9.17, 15) is 9.18 Å². The van der Waals surface area contributed by atoms with Gasteiger partial charge in [0.25, 0.3) is 0 Å². The number of carbonyl (C=O) groups is 1. The fourth-order valence-corrected chi connectivity index (χ4v) is 3.76. The largest absolute Gasteiger partial charge is 0.497 e. The van der Waals surface area contributed by atoms with Crippen LogP contribution in [0.3, 0.4) is 0 Å². The van der Waals surface area contributed by atoms with E-state index in [1.54, 1.807) is 31.0 Å². The number of carbonyl (C=O) groups excluding carboxylic acids is 1. The van der Waals surface area contributed by atoms with Crippen molar-refractivity contribution < 1.29 is 13.9 Å². The van der Waals surface area contributed by atoms with Gasteiger partial charge >= 0.3 is 0 Å². The van der Waals surface area contributed by atoms with Gasteiger partial charge in [0.1, 0.15) is 11.6 Å². The molecule has 1 aliphatic rings. The zero-order valence-corrected chi connectivity index (χ0v) is 14.1. The lowest BCUT2D eigenvalue weighted by molar-refractivity contribution is -0.117. The van der Waals surface area contributed by atoms with Gasteiger partial charge < -0.3 is 10.1 Å². The molecule has 2 aromatic carbocycles. The highest BCUT2D eigenvalue weighted by Crippen LogP contribution is 2.36. The summed E-state index contributed by atoms with van der Waals surface area (Å²) in [4.78, 5) is 13.2. The number of thioether (sulfide) groups is 1. The molecule has 24 heavy (non-hydrogen) atoms. The molecule has 0 bridgehead atoms. The minimum atomic E-state index is -0.276. The average Bonchev–Trinajstić information content (AvgIpc) is 2.61. The van der Waals surface area contributed by atoms with Gasteiger partial charge in [0.2, 0.25) is 5.91 Å². The highest BCUT2D eigenvalue weighted by Gasteiger charge is 2.22. The molecule has 2 aromatic rings. The molecule has 0 fully saturated rings. The Hall–Kier alpha value is -2.27. The fraction of sp³-hybridized carbons (Fsp3) is 0.211. The number of hydrogen-bond acceptors (Lipinski definition) is 3. The van der Waals surface area contributed by atoms with Crippen molar-refractivity contribution in [3.05, 3.63) is 65.5 Å². The van der Waals surface area contributed by atoms with Crippen molar-refractivity contribution in [2.45, 2.75) is 17.4 Å². The molecule has 1 atom stereocenters. The Morgan fingerprint density at radius 1 is 1.33 bits per heavy atom. The molecule has 0 saturated carbocycles. The third-order valence-corrected chi connectivity index (χ3v) is 4.97. The van der Waals surface area contributed by atoms with Gasteiger partial charge in [-0.05, 0) is 54.0 Å². The van der Waals surface area contributed by atoms with E-state index in [4.69, 9.17) is 4.74 Å². The molecule has 0 aliphatic carbocycles. The van der Waals surface area contributed by atoms with Gasteiger partial charge in [-0.3, -0.25) is 4.79 Å². The predicted molar refractivity (Wildman–Crippen MR) is 94.7 cm³/mol. The summed E-state index contributed by atoms with van der Waals surface area (Å²) >= 11 is 1.69. The van der Waals surface area contributed by atoms with Crippen LogP contribution in [0.15, 0.2) is 53.4 Å². The normalized spacial score (nSPS) is 16.7. The summed E-state index contributed by atoms with van der Waals surface area (Å²) in [5.41, 5.74) is 1.74. The molecule has 0 aromatic heterocycles. The first-order chi connectivity index (χ1) is 11.7. The van der Waals surface area contributed by atoms with Gasteiger partial charge in [0.05, 0.1) is 13.2 Å². The number of methoxy groups -OCH3 is 1. The number of fused-ring (bicyclic) bond motifs is 1. The molecule has 1 unspecified atom stereocenters. The number of halogens is 1. The van der Waals surface area contributed by atoms with E-state index in [1.807, 2.05) is 24.3 Å². The van der Waals surface area contributed by atoms with Gasteiger partial charge in [-0.15, -0.1) is 11.8 Å². The molecule has 3 rings (SSSR count). The fourth-order valence-electron chi connectivity index (χ4n) is 2.65. The second kappa shape index (κ2) is 7.53. The molecule has 1 aliphatic heterocycles. The molecule has 1 amide bonds. The zero-order chi connectivity index (χ0) is 16.9. The van der Waals surface area contributed by atoms with Crippen LogP contribution in [0.1, 0.15) is 23.6 Å². The summed E-state index contributed by atoms with van der Waals surface area (Å²) in [5.74, 6) is 1.18. The molecular weight excluding hydrogens is 325 g/mol. The van der Waals surface area contributed by atoms with Crippen molar-refractivity contribution in [3.8, 4) is 5.75 Å². The van der Waals surface area contributed by atoms with E-state index in [0.717, 1.165) is 33.9 Å². The number of rotatable bonds is 4. The van der Waals surface area contributed by atoms with Crippen LogP contribution in [0.25, 0.3) is 6.08 Å². The van der Waals surface area contributed by atoms with E-state index in [2.05, 4.69) is 5.32 Å². The summed E-state index contributed by atoms with van der Waals surface area (Å²) in [6.45, 7) is 0. The van der Waals surface area contributed by atoms with Crippen LogP contribution in [-0.2, 0) is 4.79 Å². The Labute approximate surface area is 144 Å². The Balaban J connectivity index is 1.69. The van der Waals surface area contributed by atoms with Crippen LogP contribution < -0.4 is 10.1 Å². The van der Waals surface area contributed by atoms with Gasteiger partial charge in [-0.2, -0.15) is 0 Å². The Bertz CT molecular complexity index is 776. The summed E-state index contributed by atoms with van der Waals surface area (Å²) in [6.07, 6.45) is 4.03. The van der Waals surface area contributed by atoms with E-state index < -0.39 is 0 Å². The molecule has 1 heterocycles. The maximum absolute atomic E-state index is 13.5. The van der Waals surface area contributed by atoms with Crippen LogP contribution in [0.2, 0.25) is 0 Å². The minimum absolute atomic E-state index is 0.153. The van der Waals surface area contributed by atoms with Crippen molar-refractivity contribution >= 4 is 23.7 Å². The molecular formula is C19H18FNO2S. The molecule has 0 spiro atoms. The maximum atomic E-state index is 13.5. The van der Waals surface area contributed by atoms with Crippen molar-refractivity contribution in [2.24, 2.45) is 0 Å². The Morgan fingerprint density at radius 3 is 3.04 bits per heavy atom. The number of amides is 1. The van der Waals surface area contributed by atoms with E-state index in [1.165, 1.54) is 18.2 Å². The smallest absolute Gasteiger partial charge is 0.244 e. The first-order valence-electron chi connectivity index (χ1n) is 7.70. The summed E-state index contributed by atoms with van der Waals surface area (Å²) in [5, 5.41) is 2.96. The van der Waals surface area contributed by atoms with Crippen LogP contribution in [-0.4, -0.2) is 18.8 Å². The number of ether oxygens (including phenoxy) is 1. The lowest BCUT2D eigenvalue weighted by Crippen LogP contribution is -2.29. The van der Waals surface area contributed by atoms with Crippen molar-refractivity contribution in [3.63, 3.8) is 0 Å². The quantitative estimate of drug-likeness (QED) is 0.846. The van der Waals surface area contributed by atoms with Crippen molar-refractivity contribution in [2.75, 3.05) is 12.9 Å². The third kappa shape index (κ3) is 3.97. The summed E-state index contributed by atoms with van der Waals surface area (Å²) in [7, 11) is 1.60. The maximum Gasteiger partial charge on any atom is 0.244 e. The minimum Gasteiger partial charge on any atom is -0.497 e. The predicted octanol–water partition coefficient (Wildman–Crippen LogP) is 4.20. The van der Waals surface area contributed by atoms with Crippen LogP contribution >= 0.6 is 11.8 Å². The van der Waals surface area contributed by atoms with Gasteiger partial charge in [-0.25, -0.2) is 4.39 Å². The van der Waals surface area contributed by atoms with Crippen LogP contribution in [0, 0.1) is 5.82 Å². The second-order valence-corrected chi connectivity index (χ2v) is 6.63. The zero-order valence-electron chi connectivity index (χ0n) is 13.3. The molecule has 0 saturated heterocycles. The van der Waals surface area contributed by atoms with Crippen LogP contribution in [0.5, 0.6) is 5.75 Å². The highest BCUT2D eigenvalue weighted by molar-refractivity contribution is 7.99. The monoisotopic (exact) mass is 343 g/mol. The standard InChI is InChI=1S/C19H18FNO2S/c1-23-15-4-2-3-13(11-15)5-8-19(22)21-17-9-10-24-18-7-6-14(20)12-16(17)18/h2-8,11-12,17H,9-10H2,1H3,(H,21,22)/b8-5+. The molecule has 3 nitrogen and oxygen atoms in total. The molecule has 0 radical (unpaired) electrons. The molecule has 5 heteroatoms. The highest BCUT2D eigenvalue weighted by atomic mass is 32.2. The average molecular weight is 343 g/mol. The number of hydrogen-bond donors (Lipinski definition) is 1.